The lowest BCUT2D eigenvalue weighted by molar-refractivity contribution is 0.0728. The van der Waals surface area contributed by atoms with Crippen molar-refractivity contribution >= 4 is 29.4 Å². The summed E-state index contributed by atoms with van der Waals surface area (Å²) in [6.07, 6.45) is 1.97. The number of carbonyl (C=O) groups excluding carboxylic acids is 1. The zero-order chi connectivity index (χ0) is 22.8. The summed E-state index contributed by atoms with van der Waals surface area (Å²) in [5.41, 5.74) is 4.36. The van der Waals surface area contributed by atoms with Gasteiger partial charge in [-0.3, -0.25) is 4.79 Å². The van der Waals surface area contributed by atoms with E-state index >= 15 is 0 Å². The van der Waals surface area contributed by atoms with Gasteiger partial charge in [0.05, 0.1) is 6.54 Å². The van der Waals surface area contributed by atoms with Crippen molar-refractivity contribution < 1.29 is 9.21 Å². The van der Waals surface area contributed by atoms with Crippen molar-refractivity contribution in [1.82, 2.24) is 9.80 Å². The quantitative estimate of drug-likeness (QED) is 0.476. The Balaban J connectivity index is 1.47. The van der Waals surface area contributed by atoms with E-state index in [4.69, 9.17) is 4.42 Å². The maximum absolute atomic E-state index is 13.9. The summed E-state index contributed by atoms with van der Waals surface area (Å²) in [5, 5.41) is 0. The fourth-order valence-corrected chi connectivity index (χ4v) is 8.19. The number of hydrogen-bond donors (Lipinski definition) is 0. The van der Waals surface area contributed by atoms with Gasteiger partial charge >= 0.3 is 0 Å². The topological polar surface area (TPSA) is 36.7 Å². The Kier molecular flexibility index (Phi) is 6.59. The summed E-state index contributed by atoms with van der Waals surface area (Å²) in [6, 6.07) is 21.1. The summed E-state index contributed by atoms with van der Waals surface area (Å²) in [5.74, 6) is 4.32. The van der Waals surface area contributed by atoms with Crippen LogP contribution in [0.1, 0.15) is 45.0 Å². The third-order valence-corrected chi connectivity index (χ3v) is 9.66. The molecule has 1 amide bonds. The molecule has 0 saturated carbocycles. The standard InChI is InChI=1S/C27H30N2O2S2/c1-28(2)19-22-17-20-18-29(14-13-25(20)31-22)26(30)23-11-6-7-12-24(23)27(32-15-8-16-33-27)21-9-4-3-5-10-21/h3-7,9-12,17H,8,13-16,18-19H2,1-2H3. The van der Waals surface area contributed by atoms with Crippen molar-refractivity contribution in [3.8, 4) is 0 Å². The van der Waals surface area contributed by atoms with Gasteiger partial charge in [-0.2, -0.15) is 0 Å². The first kappa shape index (κ1) is 22.6. The molecule has 1 fully saturated rings. The Hall–Kier alpha value is -2.15. The van der Waals surface area contributed by atoms with Gasteiger partial charge in [-0.15, -0.1) is 23.5 Å². The number of benzene rings is 2. The van der Waals surface area contributed by atoms with E-state index < -0.39 is 0 Å². The van der Waals surface area contributed by atoms with Crippen LogP contribution in [0.5, 0.6) is 0 Å². The number of nitrogens with zero attached hydrogens (tertiary/aromatic N) is 2. The van der Waals surface area contributed by atoms with Crippen molar-refractivity contribution in [1.29, 1.82) is 0 Å². The third kappa shape index (κ3) is 4.48. The minimum Gasteiger partial charge on any atom is -0.464 e. The summed E-state index contributed by atoms with van der Waals surface area (Å²) >= 11 is 3.93. The molecule has 33 heavy (non-hydrogen) atoms. The number of hydrogen-bond acceptors (Lipinski definition) is 5. The molecule has 4 nitrogen and oxygen atoms in total. The first-order chi connectivity index (χ1) is 16.1. The largest absolute Gasteiger partial charge is 0.464 e. The number of thioether (sulfide) groups is 2. The van der Waals surface area contributed by atoms with Gasteiger partial charge in [0, 0.05) is 30.6 Å². The smallest absolute Gasteiger partial charge is 0.254 e. The summed E-state index contributed by atoms with van der Waals surface area (Å²) < 4.78 is 5.81. The van der Waals surface area contributed by atoms with Gasteiger partial charge in [0.1, 0.15) is 15.6 Å². The van der Waals surface area contributed by atoms with Crippen LogP contribution in [0.2, 0.25) is 0 Å². The van der Waals surface area contributed by atoms with Crippen molar-refractivity contribution in [3.63, 3.8) is 0 Å². The highest BCUT2D eigenvalue weighted by atomic mass is 32.2. The second-order valence-electron chi connectivity index (χ2n) is 8.95. The van der Waals surface area contributed by atoms with E-state index in [0.717, 1.165) is 52.7 Å². The van der Waals surface area contributed by atoms with Gasteiger partial charge in [0.15, 0.2) is 0 Å². The number of fused-ring (bicyclic) bond motifs is 1. The van der Waals surface area contributed by atoms with Crippen LogP contribution in [0.15, 0.2) is 65.1 Å². The van der Waals surface area contributed by atoms with E-state index in [1.54, 1.807) is 0 Å². The summed E-state index contributed by atoms with van der Waals surface area (Å²) in [4.78, 5) is 18.0. The van der Waals surface area contributed by atoms with E-state index in [-0.39, 0.29) is 9.99 Å². The lowest BCUT2D eigenvalue weighted by atomic mass is 9.96. The van der Waals surface area contributed by atoms with E-state index in [2.05, 4.69) is 53.4 Å². The lowest BCUT2D eigenvalue weighted by Gasteiger charge is -2.39. The molecule has 1 saturated heterocycles. The zero-order valence-corrected chi connectivity index (χ0v) is 20.9. The van der Waals surface area contributed by atoms with E-state index in [1.807, 2.05) is 54.7 Å². The molecule has 3 heterocycles. The van der Waals surface area contributed by atoms with Gasteiger partial charge in [0.2, 0.25) is 0 Å². The van der Waals surface area contributed by atoms with E-state index in [1.165, 1.54) is 12.0 Å². The van der Waals surface area contributed by atoms with Crippen molar-refractivity contribution in [3.05, 3.63) is 94.4 Å². The van der Waals surface area contributed by atoms with Crippen molar-refractivity contribution in [2.75, 3.05) is 32.1 Å². The van der Waals surface area contributed by atoms with Crippen LogP contribution in [0.4, 0.5) is 0 Å². The minimum absolute atomic E-state index is 0.119. The van der Waals surface area contributed by atoms with E-state index in [9.17, 15) is 4.79 Å². The molecule has 0 radical (unpaired) electrons. The average molecular weight is 479 g/mol. The molecular weight excluding hydrogens is 448 g/mol. The Morgan fingerprint density at radius 2 is 1.79 bits per heavy atom. The first-order valence-electron chi connectivity index (χ1n) is 11.5. The Labute approximate surface area is 204 Å². The number of carbonyl (C=O) groups is 1. The summed E-state index contributed by atoms with van der Waals surface area (Å²) in [6.45, 7) is 2.07. The number of amides is 1. The van der Waals surface area contributed by atoms with Gasteiger partial charge in [-0.1, -0.05) is 48.5 Å². The highest BCUT2D eigenvalue weighted by Crippen LogP contribution is 2.55. The molecule has 0 unspecified atom stereocenters. The highest BCUT2D eigenvalue weighted by molar-refractivity contribution is 8.18. The van der Waals surface area contributed by atoms with Crippen LogP contribution in [0.3, 0.4) is 0 Å². The molecule has 172 valence electrons. The van der Waals surface area contributed by atoms with Crippen LogP contribution < -0.4 is 0 Å². The van der Waals surface area contributed by atoms with Crippen molar-refractivity contribution in [2.24, 2.45) is 0 Å². The van der Waals surface area contributed by atoms with Crippen LogP contribution in [-0.4, -0.2) is 47.9 Å². The Morgan fingerprint density at radius 1 is 1.06 bits per heavy atom. The first-order valence-corrected chi connectivity index (χ1v) is 13.5. The maximum Gasteiger partial charge on any atom is 0.254 e. The predicted octanol–water partition coefficient (Wildman–Crippen LogP) is 5.61. The zero-order valence-electron chi connectivity index (χ0n) is 19.3. The molecule has 0 atom stereocenters. The fourth-order valence-electron chi connectivity index (χ4n) is 4.75. The van der Waals surface area contributed by atoms with Crippen LogP contribution >= 0.6 is 23.5 Å². The monoisotopic (exact) mass is 478 g/mol. The Morgan fingerprint density at radius 3 is 2.55 bits per heavy atom. The van der Waals surface area contributed by atoms with Gasteiger partial charge in [-0.25, -0.2) is 0 Å². The summed E-state index contributed by atoms with van der Waals surface area (Å²) in [7, 11) is 4.08. The van der Waals surface area contributed by atoms with Gasteiger partial charge in [0.25, 0.3) is 5.91 Å². The molecule has 3 aromatic rings. The van der Waals surface area contributed by atoms with Crippen LogP contribution in [0.25, 0.3) is 0 Å². The molecule has 0 bridgehead atoms. The molecule has 2 aliphatic heterocycles. The molecule has 0 aliphatic carbocycles. The fraction of sp³-hybridized carbons (Fsp3) is 0.370. The molecule has 5 rings (SSSR count). The number of rotatable bonds is 5. The molecule has 6 heteroatoms. The maximum atomic E-state index is 13.9. The minimum atomic E-state index is -0.249. The van der Waals surface area contributed by atoms with Crippen molar-refractivity contribution in [2.45, 2.75) is 30.0 Å². The van der Waals surface area contributed by atoms with E-state index in [0.29, 0.717) is 13.1 Å². The molecule has 2 aliphatic rings. The van der Waals surface area contributed by atoms with Gasteiger partial charge < -0.3 is 14.2 Å². The lowest BCUT2D eigenvalue weighted by Crippen LogP contribution is -2.37. The molecule has 1 aromatic heterocycles. The highest BCUT2D eigenvalue weighted by Gasteiger charge is 2.40. The van der Waals surface area contributed by atoms with Crippen LogP contribution in [-0.2, 0) is 23.6 Å². The number of furan rings is 1. The predicted molar refractivity (Wildman–Crippen MR) is 138 cm³/mol. The van der Waals surface area contributed by atoms with Gasteiger partial charge in [-0.05, 0) is 55.3 Å². The molecule has 0 spiro atoms. The average Bonchev–Trinajstić information content (AvgIpc) is 3.25. The molecule has 0 N–H and O–H groups in total. The Bertz CT molecular complexity index is 1120. The SMILES string of the molecule is CN(C)Cc1cc2c(o1)CCN(C(=O)c1ccccc1C1(c3ccccc3)SCCCS1)C2. The second-order valence-corrected chi connectivity index (χ2v) is 11.8. The molecular formula is C27H30N2O2S2. The van der Waals surface area contributed by atoms with Crippen LogP contribution in [0, 0.1) is 0 Å². The molecule has 2 aromatic carbocycles. The normalized spacial score (nSPS) is 17.7. The second kappa shape index (κ2) is 9.61. The third-order valence-electron chi connectivity index (χ3n) is 6.24.